The SMILES string of the molecule is O=C(Nc1cc(-n2cncn2)ncn1)C1CCC1. The molecule has 2 aromatic rings. The van der Waals surface area contributed by atoms with Crippen LogP contribution in [0.15, 0.2) is 25.0 Å². The molecule has 1 aliphatic carbocycles. The Morgan fingerprint density at radius 1 is 1.33 bits per heavy atom. The van der Waals surface area contributed by atoms with Crippen LogP contribution in [0.25, 0.3) is 5.82 Å². The van der Waals surface area contributed by atoms with Gasteiger partial charge in [-0.05, 0) is 12.8 Å². The molecule has 7 nitrogen and oxygen atoms in total. The summed E-state index contributed by atoms with van der Waals surface area (Å²) in [6.45, 7) is 0. The first-order valence-corrected chi connectivity index (χ1v) is 5.81. The lowest BCUT2D eigenvalue weighted by Crippen LogP contribution is -2.28. The molecule has 1 amide bonds. The zero-order chi connectivity index (χ0) is 12.4. The van der Waals surface area contributed by atoms with E-state index in [9.17, 15) is 4.79 Å². The lowest BCUT2D eigenvalue weighted by atomic mass is 9.85. The van der Waals surface area contributed by atoms with Gasteiger partial charge in [-0.15, -0.1) is 0 Å². The van der Waals surface area contributed by atoms with Crippen LogP contribution in [0.5, 0.6) is 0 Å². The Morgan fingerprint density at radius 3 is 2.89 bits per heavy atom. The zero-order valence-corrected chi connectivity index (χ0v) is 9.65. The summed E-state index contributed by atoms with van der Waals surface area (Å²) in [4.78, 5) is 23.7. The summed E-state index contributed by atoms with van der Waals surface area (Å²) < 4.78 is 1.51. The normalized spacial score (nSPS) is 15.1. The van der Waals surface area contributed by atoms with E-state index in [1.54, 1.807) is 12.4 Å². The van der Waals surface area contributed by atoms with Gasteiger partial charge in [0.1, 0.15) is 24.8 Å². The van der Waals surface area contributed by atoms with E-state index >= 15 is 0 Å². The number of hydrogen-bond acceptors (Lipinski definition) is 5. The van der Waals surface area contributed by atoms with Crippen molar-refractivity contribution in [3.8, 4) is 5.82 Å². The quantitative estimate of drug-likeness (QED) is 0.862. The second-order valence-corrected chi connectivity index (χ2v) is 4.22. The molecule has 0 aromatic carbocycles. The predicted octanol–water partition coefficient (Wildman–Crippen LogP) is 0.796. The van der Waals surface area contributed by atoms with E-state index in [2.05, 4.69) is 25.4 Å². The highest BCUT2D eigenvalue weighted by molar-refractivity contribution is 5.92. The van der Waals surface area contributed by atoms with Gasteiger partial charge in [-0.1, -0.05) is 6.42 Å². The number of anilines is 1. The molecule has 0 saturated heterocycles. The van der Waals surface area contributed by atoms with Crippen molar-refractivity contribution in [3.05, 3.63) is 25.0 Å². The molecule has 0 bridgehead atoms. The molecular formula is C11H12N6O. The smallest absolute Gasteiger partial charge is 0.228 e. The van der Waals surface area contributed by atoms with E-state index in [1.807, 2.05) is 0 Å². The molecule has 18 heavy (non-hydrogen) atoms. The number of carbonyl (C=O) groups excluding carboxylic acids is 1. The average molecular weight is 244 g/mol. The second-order valence-electron chi connectivity index (χ2n) is 4.22. The Morgan fingerprint density at radius 2 is 2.22 bits per heavy atom. The number of rotatable bonds is 3. The van der Waals surface area contributed by atoms with Gasteiger partial charge in [0.05, 0.1) is 0 Å². The monoisotopic (exact) mass is 244 g/mol. The average Bonchev–Trinajstić information content (AvgIpc) is 2.80. The van der Waals surface area contributed by atoms with Crippen LogP contribution in [-0.4, -0.2) is 30.6 Å². The highest BCUT2D eigenvalue weighted by Crippen LogP contribution is 2.27. The number of hydrogen-bond donors (Lipinski definition) is 1. The van der Waals surface area contributed by atoms with Gasteiger partial charge in [0.25, 0.3) is 0 Å². The summed E-state index contributed by atoms with van der Waals surface area (Å²) in [7, 11) is 0. The van der Waals surface area contributed by atoms with Crippen LogP contribution in [-0.2, 0) is 4.79 Å². The highest BCUT2D eigenvalue weighted by atomic mass is 16.2. The largest absolute Gasteiger partial charge is 0.310 e. The third kappa shape index (κ3) is 2.06. The van der Waals surface area contributed by atoms with E-state index in [4.69, 9.17) is 0 Å². The summed E-state index contributed by atoms with van der Waals surface area (Å²) in [5, 5.41) is 6.77. The van der Waals surface area contributed by atoms with Crippen molar-refractivity contribution < 1.29 is 4.79 Å². The maximum atomic E-state index is 11.8. The van der Waals surface area contributed by atoms with Crippen molar-refractivity contribution in [2.75, 3.05) is 5.32 Å². The molecule has 3 rings (SSSR count). The third-order valence-corrected chi connectivity index (χ3v) is 3.03. The van der Waals surface area contributed by atoms with Crippen LogP contribution >= 0.6 is 0 Å². The van der Waals surface area contributed by atoms with Gasteiger partial charge in [0, 0.05) is 12.0 Å². The molecule has 2 aromatic heterocycles. The summed E-state index contributed by atoms with van der Waals surface area (Å²) in [6, 6.07) is 1.67. The maximum absolute atomic E-state index is 11.8. The predicted molar refractivity (Wildman–Crippen MR) is 62.9 cm³/mol. The molecule has 92 valence electrons. The van der Waals surface area contributed by atoms with Crippen LogP contribution in [0.3, 0.4) is 0 Å². The number of nitrogens with zero attached hydrogens (tertiary/aromatic N) is 5. The Hall–Kier alpha value is -2.31. The van der Waals surface area contributed by atoms with Crippen LogP contribution in [0.1, 0.15) is 19.3 Å². The topological polar surface area (TPSA) is 85.6 Å². The summed E-state index contributed by atoms with van der Waals surface area (Å²) in [5.41, 5.74) is 0. The molecule has 0 aliphatic heterocycles. The fourth-order valence-corrected chi connectivity index (χ4v) is 1.77. The van der Waals surface area contributed by atoms with E-state index in [-0.39, 0.29) is 11.8 Å². The van der Waals surface area contributed by atoms with Gasteiger partial charge < -0.3 is 5.32 Å². The molecule has 1 N–H and O–H groups in total. The number of aromatic nitrogens is 5. The Kier molecular flexibility index (Phi) is 2.71. The van der Waals surface area contributed by atoms with Gasteiger partial charge in [0.15, 0.2) is 5.82 Å². The van der Waals surface area contributed by atoms with Gasteiger partial charge in [-0.25, -0.2) is 19.6 Å². The van der Waals surface area contributed by atoms with E-state index in [1.165, 1.54) is 17.3 Å². The van der Waals surface area contributed by atoms with Crippen LogP contribution in [0.2, 0.25) is 0 Å². The molecule has 0 radical (unpaired) electrons. The second kappa shape index (κ2) is 4.52. The first-order valence-electron chi connectivity index (χ1n) is 5.81. The van der Waals surface area contributed by atoms with Gasteiger partial charge in [0.2, 0.25) is 5.91 Å². The van der Waals surface area contributed by atoms with Crippen molar-refractivity contribution in [2.45, 2.75) is 19.3 Å². The molecule has 7 heteroatoms. The van der Waals surface area contributed by atoms with Crippen molar-refractivity contribution in [2.24, 2.45) is 5.92 Å². The van der Waals surface area contributed by atoms with E-state index < -0.39 is 0 Å². The van der Waals surface area contributed by atoms with Crippen molar-refractivity contribution >= 4 is 11.7 Å². The summed E-state index contributed by atoms with van der Waals surface area (Å²) in [6.07, 6.45) is 7.42. The molecule has 0 atom stereocenters. The van der Waals surface area contributed by atoms with Crippen molar-refractivity contribution in [3.63, 3.8) is 0 Å². The van der Waals surface area contributed by atoms with Gasteiger partial charge in [-0.2, -0.15) is 5.10 Å². The number of amides is 1. The molecule has 1 aliphatic rings. The first kappa shape index (κ1) is 10.8. The standard InChI is InChI=1S/C11H12N6O/c18-11(8-2-1-3-8)16-9-4-10(14-6-13-9)17-7-12-5-15-17/h4-8H,1-3H2,(H,13,14,16,18). The minimum Gasteiger partial charge on any atom is -0.310 e. The Labute approximate surface area is 103 Å². The highest BCUT2D eigenvalue weighted by Gasteiger charge is 2.25. The lowest BCUT2D eigenvalue weighted by Gasteiger charge is -2.23. The van der Waals surface area contributed by atoms with Crippen molar-refractivity contribution in [1.82, 2.24) is 24.7 Å². The summed E-state index contributed by atoms with van der Waals surface area (Å²) in [5.74, 6) is 1.23. The molecule has 0 spiro atoms. The number of carbonyl (C=O) groups is 1. The van der Waals surface area contributed by atoms with Crippen molar-refractivity contribution in [1.29, 1.82) is 0 Å². The molecular weight excluding hydrogens is 232 g/mol. The zero-order valence-electron chi connectivity index (χ0n) is 9.65. The Bertz CT molecular complexity index is 548. The molecule has 0 unspecified atom stereocenters. The maximum Gasteiger partial charge on any atom is 0.228 e. The molecule has 1 saturated carbocycles. The fourth-order valence-electron chi connectivity index (χ4n) is 1.77. The van der Waals surface area contributed by atoms with E-state index in [0.717, 1.165) is 19.3 Å². The minimum absolute atomic E-state index is 0.0319. The van der Waals surface area contributed by atoms with E-state index in [0.29, 0.717) is 11.6 Å². The molecule has 1 fully saturated rings. The van der Waals surface area contributed by atoms with Crippen LogP contribution in [0, 0.1) is 5.92 Å². The first-order chi connectivity index (χ1) is 8.83. The van der Waals surface area contributed by atoms with Crippen LogP contribution in [0.4, 0.5) is 5.82 Å². The van der Waals surface area contributed by atoms with Crippen LogP contribution < -0.4 is 5.32 Å². The third-order valence-electron chi connectivity index (χ3n) is 3.03. The minimum atomic E-state index is 0.0319. The fraction of sp³-hybridized carbons (Fsp3) is 0.364. The van der Waals surface area contributed by atoms with Gasteiger partial charge >= 0.3 is 0 Å². The number of nitrogens with one attached hydrogen (secondary N) is 1. The molecule has 2 heterocycles. The Balaban J connectivity index is 1.76. The summed E-state index contributed by atoms with van der Waals surface area (Å²) >= 11 is 0. The van der Waals surface area contributed by atoms with Gasteiger partial charge in [-0.3, -0.25) is 4.79 Å². The lowest BCUT2D eigenvalue weighted by molar-refractivity contribution is -0.122.